The zero-order valence-electron chi connectivity index (χ0n) is 16.1. The first-order chi connectivity index (χ1) is 12.7. The van der Waals surface area contributed by atoms with Crippen LogP contribution in [0.5, 0.6) is 0 Å². The molecule has 1 aliphatic heterocycles. The monoisotopic (exact) mass is 344 g/mol. The predicted molar refractivity (Wildman–Crippen MR) is 111 cm³/mol. The van der Waals surface area contributed by atoms with E-state index in [2.05, 4.69) is 87.2 Å². The van der Waals surface area contributed by atoms with Crippen molar-refractivity contribution in [2.75, 3.05) is 19.6 Å². The van der Waals surface area contributed by atoms with Gasteiger partial charge in [0.05, 0.1) is 19.6 Å². The Kier molecular flexibility index (Phi) is 4.58. The molecule has 3 atom stereocenters. The van der Waals surface area contributed by atoms with Gasteiger partial charge in [0.1, 0.15) is 6.04 Å². The fourth-order valence-corrected chi connectivity index (χ4v) is 5.52. The van der Waals surface area contributed by atoms with Gasteiger partial charge in [-0.15, -0.1) is 6.58 Å². The van der Waals surface area contributed by atoms with Gasteiger partial charge in [-0.1, -0.05) is 60.7 Å². The summed E-state index contributed by atoms with van der Waals surface area (Å²) in [4.78, 5) is 0. The summed E-state index contributed by atoms with van der Waals surface area (Å²) in [6, 6.07) is 20.7. The van der Waals surface area contributed by atoms with Crippen molar-refractivity contribution in [2.24, 2.45) is 5.92 Å². The predicted octanol–water partition coefficient (Wildman–Crippen LogP) is 5.65. The van der Waals surface area contributed by atoms with Crippen LogP contribution in [0.15, 0.2) is 72.8 Å². The Morgan fingerprint density at radius 1 is 1.00 bits per heavy atom. The minimum absolute atomic E-state index is 0.470. The Morgan fingerprint density at radius 2 is 1.69 bits per heavy atom. The van der Waals surface area contributed by atoms with E-state index in [4.69, 9.17) is 0 Å². The average Bonchev–Trinajstić information content (AvgIpc) is 3.01. The summed E-state index contributed by atoms with van der Waals surface area (Å²) in [6.45, 7) is 12.4. The molecule has 2 aromatic carbocycles. The summed E-state index contributed by atoms with van der Waals surface area (Å²) in [7, 11) is 0. The maximum atomic E-state index is 4.08. The topological polar surface area (TPSA) is 0 Å². The largest absolute Gasteiger partial charge is 0.317 e. The zero-order valence-corrected chi connectivity index (χ0v) is 16.1. The molecule has 1 nitrogen and oxygen atoms in total. The number of hydrogen-bond donors (Lipinski definition) is 0. The van der Waals surface area contributed by atoms with Crippen LogP contribution in [0.25, 0.3) is 6.08 Å². The lowest BCUT2D eigenvalue weighted by molar-refractivity contribution is -0.934. The highest BCUT2D eigenvalue weighted by molar-refractivity contribution is 5.65. The summed E-state index contributed by atoms with van der Waals surface area (Å²) >= 11 is 0. The molecule has 1 fully saturated rings. The molecule has 0 spiro atoms. The number of likely N-dealkylation sites (tertiary alicyclic amines) is 1. The van der Waals surface area contributed by atoms with Crippen LogP contribution in [0.2, 0.25) is 0 Å². The number of benzene rings is 2. The number of likely N-dealkylation sites (N-methyl/N-ethyl adjacent to an activating group) is 1. The first kappa shape index (κ1) is 17.3. The first-order valence-corrected chi connectivity index (χ1v) is 10.1. The van der Waals surface area contributed by atoms with Gasteiger partial charge in [0.25, 0.3) is 0 Å². The molecule has 0 saturated carbocycles. The molecule has 1 heterocycles. The molecule has 0 bridgehead atoms. The SMILES string of the molecule is C=CCC1C2=Cc3ccccc3C(c3ccccc3)C2C[N+]1(CC)CC. The molecule has 1 aliphatic carbocycles. The van der Waals surface area contributed by atoms with Gasteiger partial charge in [-0.3, -0.25) is 0 Å². The lowest BCUT2D eigenvalue weighted by Crippen LogP contribution is -2.51. The molecule has 0 aromatic heterocycles. The van der Waals surface area contributed by atoms with Gasteiger partial charge in [-0.05, 0) is 42.2 Å². The van der Waals surface area contributed by atoms with Crippen molar-refractivity contribution >= 4 is 6.08 Å². The molecule has 26 heavy (non-hydrogen) atoms. The van der Waals surface area contributed by atoms with Gasteiger partial charge in [0.2, 0.25) is 0 Å². The van der Waals surface area contributed by atoms with Crippen LogP contribution >= 0.6 is 0 Å². The standard InChI is InChI=1S/C25H30N/c1-4-12-24-22-17-20-15-10-11-16-21(20)25(19-13-8-7-9-14-19)23(22)18-26(24,5-2)6-3/h4,7-11,13-17,23-25H,1,5-6,12,18H2,2-3H3/q+1. The van der Waals surface area contributed by atoms with Crippen LogP contribution in [-0.2, 0) is 0 Å². The highest BCUT2D eigenvalue weighted by Crippen LogP contribution is 2.51. The van der Waals surface area contributed by atoms with E-state index in [1.165, 1.54) is 40.8 Å². The van der Waals surface area contributed by atoms with E-state index in [1.807, 2.05) is 0 Å². The van der Waals surface area contributed by atoms with Crippen molar-refractivity contribution in [3.8, 4) is 0 Å². The lowest BCUT2D eigenvalue weighted by Gasteiger charge is -2.38. The van der Waals surface area contributed by atoms with E-state index >= 15 is 0 Å². The summed E-state index contributed by atoms with van der Waals surface area (Å²) in [6.07, 6.45) is 5.72. The molecule has 2 aromatic rings. The summed E-state index contributed by atoms with van der Waals surface area (Å²) < 4.78 is 1.19. The molecule has 0 amide bonds. The Hall–Kier alpha value is -2.12. The van der Waals surface area contributed by atoms with Crippen LogP contribution in [0, 0.1) is 5.92 Å². The highest BCUT2D eigenvalue weighted by atomic mass is 15.4. The third-order valence-electron chi connectivity index (χ3n) is 6.90. The maximum absolute atomic E-state index is 4.08. The molecule has 0 radical (unpaired) electrons. The highest BCUT2D eigenvalue weighted by Gasteiger charge is 2.52. The Morgan fingerprint density at radius 3 is 2.38 bits per heavy atom. The second kappa shape index (κ2) is 6.89. The maximum Gasteiger partial charge on any atom is 0.115 e. The van der Waals surface area contributed by atoms with Crippen LogP contribution in [0.4, 0.5) is 0 Å². The van der Waals surface area contributed by atoms with Crippen molar-refractivity contribution in [1.82, 2.24) is 0 Å². The summed E-state index contributed by atoms with van der Waals surface area (Å²) in [5.41, 5.74) is 6.02. The van der Waals surface area contributed by atoms with Crippen LogP contribution in [0.1, 0.15) is 42.9 Å². The van der Waals surface area contributed by atoms with Crippen LogP contribution < -0.4 is 0 Å². The van der Waals surface area contributed by atoms with Gasteiger partial charge in [0.15, 0.2) is 0 Å². The third kappa shape index (κ3) is 2.57. The summed E-state index contributed by atoms with van der Waals surface area (Å²) in [5, 5.41) is 0. The van der Waals surface area contributed by atoms with Crippen LogP contribution in [0.3, 0.4) is 0 Å². The van der Waals surface area contributed by atoms with E-state index in [9.17, 15) is 0 Å². The normalized spacial score (nSPS) is 25.9. The quantitative estimate of drug-likeness (QED) is 0.486. The van der Waals surface area contributed by atoms with E-state index in [0.29, 0.717) is 17.9 Å². The molecule has 2 aliphatic rings. The Bertz CT molecular complexity index is 813. The lowest BCUT2D eigenvalue weighted by atomic mass is 9.71. The van der Waals surface area contributed by atoms with E-state index in [0.717, 1.165) is 6.42 Å². The number of quaternary nitrogens is 1. The van der Waals surface area contributed by atoms with Gasteiger partial charge in [0, 0.05) is 18.3 Å². The fraction of sp³-hybridized carbons (Fsp3) is 0.360. The van der Waals surface area contributed by atoms with E-state index < -0.39 is 0 Å². The first-order valence-electron chi connectivity index (χ1n) is 10.1. The van der Waals surface area contributed by atoms with Gasteiger partial charge >= 0.3 is 0 Å². The number of hydrogen-bond acceptors (Lipinski definition) is 0. The smallest absolute Gasteiger partial charge is 0.115 e. The molecular formula is C25H30N+. The number of rotatable bonds is 5. The minimum atomic E-state index is 0.470. The average molecular weight is 345 g/mol. The fourth-order valence-electron chi connectivity index (χ4n) is 5.52. The van der Waals surface area contributed by atoms with Crippen molar-refractivity contribution in [3.63, 3.8) is 0 Å². The van der Waals surface area contributed by atoms with Crippen molar-refractivity contribution in [3.05, 3.63) is 89.5 Å². The van der Waals surface area contributed by atoms with E-state index in [1.54, 1.807) is 5.57 Å². The van der Waals surface area contributed by atoms with E-state index in [-0.39, 0.29) is 0 Å². The van der Waals surface area contributed by atoms with Crippen molar-refractivity contribution in [2.45, 2.75) is 32.2 Å². The second-order valence-corrected chi connectivity index (χ2v) is 7.84. The summed E-state index contributed by atoms with van der Waals surface area (Å²) in [5.74, 6) is 1.06. The van der Waals surface area contributed by atoms with Crippen molar-refractivity contribution in [1.29, 1.82) is 0 Å². The molecule has 134 valence electrons. The molecule has 0 N–H and O–H groups in total. The second-order valence-electron chi connectivity index (χ2n) is 7.84. The Labute approximate surface area is 158 Å². The van der Waals surface area contributed by atoms with Crippen molar-refractivity contribution < 1.29 is 4.48 Å². The third-order valence-corrected chi connectivity index (χ3v) is 6.90. The minimum Gasteiger partial charge on any atom is -0.317 e. The zero-order chi connectivity index (χ0) is 18.1. The van der Waals surface area contributed by atoms with Gasteiger partial charge in [-0.25, -0.2) is 0 Å². The molecule has 4 rings (SSSR count). The molecular weight excluding hydrogens is 314 g/mol. The molecule has 3 unspecified atom stereocenters. The molecule has 1 saturated heterocycles. The molecule has 1 heteroatoms. The van der Waals surface area contributed by atoms with Gasteiger partial charge < -0.3 is 4.48 Å². The van der Waals surface area contributed by atoms with Gasteiger partial charge in [-0.2, -0.15) is 0 Å². The number of nitrogens with zero attached hydrogens (tertiary/aromatic N) is 1. The van der Waals surface area contributed by atoms with Crippen LogP contribution in [-0.4, -0.2) is 30.2 Å². The Balaban J connectivity index is 1.90. The number of fused-ring (bicyclic) bond motifs is 2.